The standard InChI is InChI=1S/C16H22FN3O2/c1-12-9-14(3-4-15(12)17)10-18-16(22)11-19-5-7-20(8-6-19)13(2)21/h3-4,9H,5-8,10-11H2,1-2H3,(H,18,22). The van der Waals surface area contributed by atoms with Crippen LogP contribution in [0.1, 0.15) is 18.1 Å². The van der Waals surface area contributed by atoms with E-state index in [9.17, 15) is 14.0 Å². The van der Waals surface area contributed by atoms with Crippen LogP contribution >= 0.6 is 0 Å². The summed E-state index contributed by atoms with van der Waals surface area (Å²) >= 11 is 0. The van der Waals surface area contributed by atoms with Gasteiger partial charge in [-0.1, -0.05) is 12.1 Å². The van der Waals surface area contributed by atoms with Crippen LogP contribution in [0.2, 0.25) is 0 Å². The Balaban J connectivity index is 1.74. The zero-order chi connectivity index (χ0) is 16.1. The topological polar surface area (TPSA) is 52.7 Å². The van der Waals surface area contributed by atoms with Gasteiger partial charge in [-0.15, -0.1) is 0 Å². The number of aryl methyl sites for hydroxylation is 1. The quantitative estimate of drug-likeness (QED) is 0.900. The van der Waals surface area contributed by atoms with Crippen molar-refractivity contribution in [2.75, 3.05) is 32.7 Å². The van der Waals surface area contributed by atoms with Crippen molar-refractivity contribution in [2.24, 2.45) is 0 Å². The fourth-order valence-electron chi connectivity index (χ4n) is 2.50. The molecule has 22 heavy (non-hydrogen) atoms. The molecule has 6 heteroatoms. The van der Waals surface area contributed by atoms with E-state index in [1.165, 1.54) is 6.07 Å². The highest BCUT2D eigenvalue weighted by Crippen LogP contribution is 2.09. The summed E-state index contributed by atoms with van der Waals surface area (Å²) < 4.78 is 13.2. The maximum absolute atomic E-state index is 13.2. The monoisotopic (exact) mass is 307 g/mol. The number of rotatable bonds is 4. The van der Waals surface area contributed by atoms with Crippen LogP contribution in [0.5, 0.6) is 0 Å². The Morgan fingerprint density at radius 1 is 1.23 bits per heavy atom. The molecule has 0 saturated carbocycles. The van der Waals surface area contributed by atoms with Gasteiger partial charge < -0.3 is 10.2 Å². The van der Waals surface area contributed by atoms with Crippen LogP contribution in [-0.4, -0.2) is 54.3 Å². The van der Waals surface area contributed by atoms with Crippen LogP contribution in [0, 0.1) is 12.7 Å². The van der Waals surface area contributed by atoms with E-state index >= 15 is 0 Å². The van der Waals surface area contributed by atoms with Gasteiger partial charge in [0.2, 0.25) is 11.8 Å². The Bertz CT molecular complexity index is 554. The first kappa shape index (κ1) is 16.4. The number of halogens is 1. The fraction of sp³-hybridized carbons (Fsp3) is 0.500. The molecule has 0 aromatic heterocycles. The second-order valence-corrected chi connectivity index (χ2v) is 5.64. The summed E-state index contributed by atoms with van der Waals surface area (Å²) in [6, 6.07) is 4.83. The molecule has 0 bridgehead atoms. The Kier molecular flexibility index (Phi) is 5.49. The lowest BCUT2D eigenvalue weighted by atomic mass is 10.1. The van der Waals surface area contributed by atoms with Crippen LogP contribution in [-0.2, 0) is 16.1 Å². The normalized spacial score (nSPS) is 15.7. The smallest absolute Gasteiger partial charge is 0.234 e. The first-order valence-electron chi connectivity index (χ1n) is 7.45. The van der Waals surface area contributed by atoms with Crippen molar-refractivity contribution >= 4 is 11.8 Å². The Labute approximate surface area is 130 Å². The van der Waals surface area contributed by atoms with E-state index in [1.54, 1.807) is 30.9 Å². The molecule has 120 valence electrons. The summed E-state index contributed by atoms with van der Waals surface area (Å²) in [5.74, 6) is -0.215. The fourth-order valence-corrected chi connectivity index (χ4v) is 2.50. The van der Waals surface area contributed by atoms with Crippen molar-refractivity contribution in [3.05, 3.63) is 35.1 Å². The van der Waals surface area contributed by atoms with Gasteiger partial charge in [-0.3, -0.25) is 14.5 Å². The van der Waals surface area contributed by atoms with Gasteiger partial charge in [0.25, 0.3) is 0 Å². The minimum absolute atomic E-state index is 0.0572. The van der Waals surface area contributed by atoms with Gasteiger partial charge in [0.1, 0.15) is 5.82 Å². The minimum Gasteiger partial charge on any atom is -0.351 e. The molecule has 0 spiro atoms. The van der Waals surface area contributed by atoms with Crippen LogP contribution in [0.3, 0.4) is 0 Å². The van der Waals surface area contributed by atoms with E-state index < -0.39 is 0 Å². The summed E-state index contributed by atoms with van der Waals surface area (Å²) in [6.45, 7) is 6.74. The molecule has 5 nitrogen and oxygen atoms in total. The van der Waals surface area contributed by atoms with Crippen LogP contribution in [0.25, 0.3) is 0 Å². The third kappa shape index (κ3) is 4.53. The molecule has 2 rings (SSSR count). The van der Waals surface area contributed by atoms with E-state index in [2.05, 4.69) is 5.32 Å². The number of piperazine rings is 1. The average molecular weight is 307 g/mol. The minimum atomic E-state index is -0.238. The maximum Gasteiger partial charge on any atom is 0.234 e. The van der Waals surface area contributed by atoms with Gasteiger partial charge in [0, 0.05) is 39.6 Å². The van der Waals surface area contributed by atoms with Crippen molar-refractivity contribution in [3.8, 4) is 0 Å². The lowest BCUT2D eigenvalue weighted by Crippen LogP contribution is -2.50. The van der Waals surface area contributed by atoms with Crippen LogP contribution < -0.4 is 5.32 Å². The van der Waals surface area contributed by atoms with Gasteiger partial charge in [0.05, 0.1) is 6.54 Å². The highest BCUT2D eigenvalue weighted by atomic mass is 19.1. The summed E-state index contributed by atoms with van der Waals surface area (Å²) in [7, 11) is 0. The largest absolute Gasteiger partial charge is 0.351 e. The Morgan fingerprint density at radius 2 is 1.91 bits per heavy atom. The molecule has 0 aliphatic carbocycles. The lowest BCUT2D eigenvalue weighted by Gasteiger charge is -2.33. The van der Waals surface area contributed by atoms with E-state index in [1.807, 2.05) is 4.90 Å². The van der Waals surface area contributed by atoms with Crippen molar-refractivity contribution in [3.63, 3.8) is 0 Å². The van der Waals surface area contributed by atoms with Gasteiger partial charge in [0.15, 0.2) is 0 Å². The molecular formula is C16H22FN3O2. The summed E-state index contributed by atoms with van der Waals surface area (Å²) in [5.41, 5.74) is 1.46. The molecule has 1 fully saturated rings. The number of hydrogen-bond donors (Lipinski definition) is 1. The summed E-state index contributed by atoms with van der Waals surface area (Å²) in [4.78, 5) is 27.0. The highest BCUT2D eigenvalue weighted by molar-refractivity contribution is 5.78. The van der Waals surface area contributed by atoms with Crippen molar-refractivity contribution < 1.29 is 14.0 Å². The number of benzene rings is 1. The summed E-state index contributed by atoms with van der Waals surface area (Å²) in [6.07, 6.45) is 0. The molecule has 1 saturated heterocycles. The first-order valence-corrected chi connectivity index (χ1v) is 7.45. The van der Waals surface area contributed by atoms with Gasteiger partial charge in [-0.25, -0.2) is 4.39 Å². The molecule has 1 aliphatic rings. The first-order chi connectivity index (χ1) is 10.5. The number of hydrogen-bond acceptors (Lipinski definition) is 3. The predicted molar refractivity (Wildman–Crippen MR) is 81.7 cm³/mol. The third-order valence-electron chi connectivity index (χ3n) is 3.90. The van der Waals surface area contributed by atoms with Gasteiger partial charge >= 0.3 is 0 Å². The van der Waals surface area contributed by atoms with Crippen LogP contribution in [0.4, 0.5) is 4.39 Å². The molecule has 1 aliphatic heterocycles. The second-order valence-electron chi connectivity index (χ2n) is 5.64. The Hall–Kier alpha value is -1.95. The molecule has 2 amide bonds. The molecular weight excluding hydrogens is 285 g/mol. The zero-order valence-corrected chi connectivity index (χ0v) is 13.1. The molecule has 1 heterocycles. The SMILES string of the molecule is CC(=O)N1CCN(CC(=O)NCc2ccc(F)c(C)c2)CC1. The van der Waals surface area contributed by atoms with Crippen molar-refractivity contribution in [2.45, 2.75) is 20.4 Å². The third-order valence-corrected chi connectivity index (χ3v) is 3.90. The van der Waals surface area contributed by atoms with Crippen molar-refractivity contribution in [1.29, 1.82) is 0 Å². The second kappa shape index (κ2) is 7.35. The lowest BCUT2D eigenvalue weighted by molar-refractivity contribution is -0.131. The molecule has 0 atom stereocenters. The van der Waals surface area contributed by atoms with Gasteiger partial charge in [-0.05, 0) is 24.1 Å². The molecule has 1 aromatic rings. The van der Waals surface area contributed by atoms with Crippen molar-refractivity contribution in [1.82, 2.24) is 15.1 Å². The summed E-state index contributed by atoms with van der Waals surface area (Å²) in [5, 5.41) is 2.84. The molecule has 0 unspecified atom stereocenters. The zero-order valence-electron chi connectivity index (χ0n) is 13.1. The van der Waals surface area contributed by atoms with Gasteiger partial charge in [-0.2, -0.15) is 0 Å². The van der Waals surface area contributed by atoms with E-state index in [0.717, 1.165) is 5.56 Å². The number of nitrogens with zero attached hydrogens (tertiary/aromatic N) is 2. The Morgan fingerprint density at radius 3 is 2.50 bits per heavy atom. The molecule has 0 radical (unpaired) electrons. The average Bonchev–Trinajstić information content (AvgIpc) is 2.49. The highest BCUT2D eigenvalue weighted by Gasteiger charge is 2.20. The van der Waals surface area contributed by atoms with E-state index in [4.69, 9.17) is 0 Å². The van der Waals surface area contributed by atoms with E-state index in [-0.39, 0.29) is 17.6 Å². The predicted octanol–water partition coefficient (Wildman–Crippen LogP) is 0.914. The maximum atomic E-state index is 13.2. The van der Waals surface area contributed by atoms with Crippen LogP contribution in [0.15, 0.2) is 18.2 Å². The number of nitrogens with one attached hydrogen (secondary N) is 1. The van der Waals surface area contributed by atoms with E-state index in [0.29, 0.717) is 44.8 Å². The number of carbonyl (C=O) groups is 2. The molecule has 1 N–H and O–H groups in total. The number of carbonyl (C=O) groups excluding carboxylic acids is 2. The molecule has 1 aromatic carbocycles. The number of amides is 2.